The number of allylic oxidation sites excluding steroid dienone is 1. The molecule has 0 amide bonds. The highest BCUT2D eigenvalue weighted by Gasteiger charge is 2.34. The average molecular weight is 260 g/mol. The van der Waals surface area contributed by atoms with Gasteiger partial charge in [-0.25, -0.2) is 0 Å². The molecule has 2 aromatic rings. The zero-order valence-electron chi connectivity index (χ0n) is 12.4. The summed E-state index contributed by atoms with van der Waals surface area (Å²) in [5.41, 5.74) is 7.74. The molecule has 0 unspecified atom stereocenters. The quantitative estimate of drug-likeness (QED) is 0.642. The highest BCUT2D eigenvalue weighted by Crippen LogP contribution is 2.46. The Kier molecular flexibility index (Phi) is 2.90. The van der Waals surface area contributed by atoms with Crippen LogP contribution in [0.15, 0.2) is 55.1 Å². The van der Waals surface area contributed by atoms with Crippen LogP contribution in [0.1, 0.15) is 48.6 Å². The Hall–Kier alpha value is -2.08. The summed E-state index contributed by atoms with van der Waals surface area (Å²) < 4.78 is 0. The predicted molar refractivity (Wildman–Crippen MR) is 87.9 cm³/mol. The van der Waals surface area contributed by atoms with Gasteiger partial charge in [0.1, 0.15) is 0 Å². The van der Waals surface area contributed by atoms with Gasteiger partial charge in [0.05, 0.1) is 0 Å². The van der Waals surface area contributed by atoms with Gasteiger partial charge in [-0.15, -0.1) is 0 Å². The molecule has 1 aliphatic carbocycles. The zero-order valence-corrected chi connectivity index (χ0v) is 12.4. The lowest BCUT2D eigenvalue weighted by Gasteiger charge is -2.37. The van der Waals surface area contributed by atoms with Crippen molar-refractivity contribution in [1.82, 2.24) is 0 Å². The van der Waals surface area contributed by atoms with Crippen LogP contribution >= 0.6 is 0 Å². The van der Waals surface area contributed by atoms with Gasteiger partial charge >= 0.3 is 0 Å². The fraction of sp³-hybridized carbons (Fsp3) is 0.200. The Bertz CT molecular complexity index is 715. The topological polar surface area (TPSA) is 0 Å². The van der Waals surface area contributed by atoms with Gasteiger partial charge in [0.2, 0.25) is 0 Å². The molecule has 20 heavy (non-hydrogen) atoms. The molecule has 0 fully saturated rings. The molecule has 2 aromatic carbocycles. The van der Waals surface area contributed by atoms with E-state index in [4.69, 9.17) is 0 Å². The molecule has 0 saturated carbocycles. The van der Waals surface area contributed by atoms with Crippen LogP contribution in [0, 0.1) is 0 Å². The van der Waals surface area contributed by atoms with E-state index in [-0.39, 0.29) is 5.41 Å². The summed E-state index contributed by atoms with van der Waals surface area (Å²) in [6.07, 6.45) is 4.27. The lowest BCUT2D eigenvalue weighted by atomic mass is 9.66. The lowest BCUT2D eigenvalue weighted by Crippen LogP contribution is -2.26. The molecule has 0 heteroatoms. The van der Waals surface area contributed by atoms with Crippen molar-refractivity contribution in [2.75, 3.05) is 0 Å². The Morgan fingerprint density at radius 1 is 0.950 bits per heavy atom. The third-order valence-corrected chi connectivity index (χ3v) is 4.34. The Labute approximate surface area is 121 Å². The Balaban J connectivity index is 2.37. The first-order valence-corrected chi connectivity index (χ1v) is 7.12. The van der Waals surface area contributed by atoms with E-state index in [0.29, 0.717) is 0 Å². The fourth-order valence-corrected chi connectivity index (χ4v) is 3.32. The molecule has 0 aliphatic heterocycles. The number of benzene rings is 2. The molecular weight excluding hydrogens is 240 g/mol. The summed E-state index contributed by atoms with van der Waals surface area (Å²) in [6.45, 7) is 11.0. The van der Waals surface area contributed by atoms with Crippen LogP contribution in [-0.2, 0) is 5.41 Å². The van der Waals surface area contributed by atoms with Crippen molar-refractivity contribution >= 4 is 11.6 Å². The number of hydrogen-bond donors (Lipinski definition) is 0. The summed E-state index contributed by atoms with van der Waals surface area (Å²) in [6, 6.07) is 15.2. The minimum atomic E-state index is 0.0186. The minimum absolute atomic E-state index is 0.0186. The van der Waals surface area contributed by atoms with Crippen LogP contribution in [0.4, 0.5) is 0 Å². The summed E-state index contributed by atoms with van der Waals surface area (Å²) in [5.74, 6) is 0. The van der Waals surface area contributed by atoms with Gasteiger partial charge in [0.25, 0.3) is 0 Å². The number of rotatable bonds is 1. The van der Waals surface area contributed by atoms with Gasteiger partial charge in [0.15, 0.2) is 0 Å². The van der Waals surface area contributed by atoms with E-state index in [1.165, 1.54) is 27.8 Å². The predicted octanol–water partition coefficient (Wildman–Crippen LogP) is 5.42. The van der Waals surface area contributed by atoms with Crippen LogP contribution in [0.5, 0.6) is 0 Å². The molecule has 0 nitrogen and oxygen atoms in total. The summed E-state index contributed by atoms with van der Waals surface area (Å²) >= 11 is 0. The van der Waals surface area contributed by atoms with Crippen LogP contribution in [0.3, 0.4) is 0 Å². The molecule has 100 valence electrons. The van der Waals surface area contributed by atoms with E-state index in [1.807, 2.05) is 0 Å². The molecule has 0 heterocycles. The minimum Gasteiger partial charge on any atom is -0.0905 e. The van der Waals surface area contributed by atoms with Crippen LogP contribution in [0.2, 0.25) is 0 Å². The summed E-state index contributed by atoms with van der Waals surface area (Å²) in [4.78, 5) is 0. The number of hydrogen-bond acceptors (Lipinski definition) is 0. The van der Waals surface area contributed by atoms with Gasteiger partial charge in [-0.05, 0) is 40.3 Å². The van der Waals surface area contributed by atoms with E-state index in [2.05, 4.69) is 82.0 Å². The molecule has 0 N–H and O–H groups in total. The first kappa shape index (κ1) is 12.9. The van der Waals surface area contributed by atoms with Gasteiger partial charge in [-0.2, -0.15) is 0 Å². The molecular formula is C20H20. The average Bonchev–Trinajstić information content (AvgIpc) is 2.45. The second kappa shape index (κ2) is 4.49. The largest absolute Gasteiger partial charge is 0.0905 e. The Morgan fingerprint density at radius 3 is 2.40 bits per heavy atom. The van der Waals surface area contributed by atoms with Crippen molar-refractivity contribution in [2.45, 2.75) is 26.2 Å². The van der Waals surface area contributed by atoms with E-state index in [0.717, 1.165) is 5.57 Å². The maximum atomic E-state index is 4.37. The van der Waals surface area contributed by atoms with E-state index in [1.54, 1.807) is 0 Å². The molecule has 0 spiro atoms. The zero-order chi connectivity index (χ0) is 14.3. The molecule has 0 aromatic heterocycles. The van der Waals surface area contributed by atoms with Gasteiger partial charge in [-0.1, -0.05) is 75.0 Å². The second-order valence-corrected chi connectivity index (χ2v) is 5.92. The van der Waals surface area contributed by atoms with Crippen molar-refractivity contribution in [1.29, 1.82) is 0 Å². The highest BCUT2D eigenvalue weighted by atomic mass is 14.4. The van der Waals surface area contributed by atoms with Crippen molar-refractivity contribution in [3.8, 4) is 0 Å². The molecule has 0 atom stereocenters. The maximum Gasteiger partial charge on any atom is 0.0159 e. The molecule has 3 rings (SSSR count). The van der Waals surface area contributed by atoms with E-state index < -0.39 is 0 Å². The number of fused-ring (bicyclic) bond motifs is 2. The first-order valence-electron chi connectivity index (χ1n) is 7.12. The van der Waals surface area contributed by atoms with Crippen molar-refractivity contribution in [3.05, 3.63) is 82.9 Å². The van der Waals surface area contributed by atoms with Gasteiger partial charge in [-0.3, -0.25) is 0 Å². The first-order chi connectivity index (χ1) is 9.57. The Morgan fingerprint density at radius 2 is 1.65 bits per heavy atom. The van der Waals surface area contributed by atoms with Crippen molar-refractivity contribution < 1.29 is 0 Å². The van der Waals surface area contributed by atoms with E-state index in [9.17, 15) is 0 Å². The van der Waals surface area contributed by atoms with E-state index >= 15 is 0 Å². The fourth-order valence-electron chi connectivity index (χ4n) is 3.32. The smallest absolute Gasteiger partial charge is 0.0159 e. The van der Waals surface area contributed by atoms with Crippen LogP contribution < -0.4 is 0 Å². The third-order valence-electron chi connectivity index (χ3n) is 4.34. The second-order valence-electron chi connectivity index (χ2n) is 5.92. The van der Waals surface area contributed by atoms with Crippen molar-refractivity contribution in [2.24, 2.45) is 0 Å². The lowest BCUT2D eigenvalue weighted by molar-refractivity contribution is 0.630. The standard InChI is InChI=1S/C20H20/c1-5-9-15-10-8-13-18-19(15)14(2)16-11-6-7-12-17(16)20(18,3)4/h5-13H,2H2,1,3-4H3/b9-5-. The van der Waals surface area contributed by atoms with Gasteiger partial charge in [0, 0.05) is 5.41 Å². The molecule has 0 saturated heterocycles. The molecule has 0 radical (unpaired) electrons. The molecule has 1 aliphatic rings. The summed E-state index contributed by atoms with van der Waals surface area (Å²) in [7, 11) is 0. The van der Waals surface area contributed by atoms with Crippen molar-refractivity contribution in [3.63, 3.8) is 0 Å². The maximum absolute atomic E-state index is 4.37. The van der Waals surface area contributed by atoms with Gasteiger partial charge < -0.3 is 0 Å². The normalized spacial score (nSPS) is 16.1. The highest BCUT2D eigenvalue weighted by molar-refractivity contribution is 5.90. The molecule has 0 bridgehead atoms. The summed E-state index contributed by atoms with van der Waals surface area (Å²) in [5, 5.41) is 0. The third kappa shape index (κ3) is 1.68. The monoisotopic (exact) mass is 260 g/mol. The SMILES string of the molecule is C=C1c2ccccc2C(C)(C)c2cccc(/C=C\C)c21. The van der Waals surface area contributed by atoms with Crippen LogP contribution in [0.25, 0.3) is 11.6 Å². The van der Waals surface area contributed by atoms with Crippen LogP contribution in [-0.4, -0.2) is 0 Å².